The highest BCUT2D eigenvalue weighted by Crippen LogP contribution is 2.31. The predicted octanol–water partition coefficient (Wildman–Crippen LogP) is 5.65. The Balaban J connectivity index is 1.78. The van der Waals surface area contributed by atoms with E-state index in [1.807, 2.05) is 97.1 Å². The van der Waals surface area contributed by atoms with E-state index in [2.05, 4.69) is 0 Å². The van der Waals surface area contributed by atoms with Crippen LogP contribution in [0.15, 0.2) is 115 Å². The molecule has 0 saturated carbocycles. The Morgan fingerprint density at radius 2 is 1.00 bits per heavy atom. The lowest BCUT2D eigenvalue weighted by atomic mass is 10.2. The number of phenols is 1. The zero-order chi connectivity index (χ0) is 20.7. The zero-order valence-corrected chi connectivity index (χ0v) is 17.3. The van der Waals surface area contributed by atoms with Gasteiger partial charge in [-0.15, -0.1) is 0 Å². The molecule has 4 rings (SSSR count). The molecule has 0 atom stereocenters. The molecule has 0 saturated heterocycles. The molecule has 0 spiro atoms. The fourth-order valence-corrected chi connectivity index (χ4v) is 5.64. The molecule has 0 heterocycles. The van der Waals surface area contributed by atoms with Gasteiger partial charge >= 0.3 is 8.80 Å². The van der Waals surface area contributed by atoms with Gasteiger partial charge in [0.05, 0.1) is 6.04 Å². The maximum Gasteiger partial charge on any atom is 0.704 e. The Bertz CT molecular complexity index is 955. The van der Waals surface area contributed by atoms with Crippen molar-refractivity contribution in [2.24, 2.45) is 0 Å². The van der Waals surface area contributed by atoms with Gasteiger partial charge in [-0.25, -0.2) is 0 Å². The van der Waals surface area contributed by atoms with Gasteiger partial charge in [0.1, 0.15) is 11.5 Å². The topological polar surface area (TPSA) is 47.9 Å². The first-order valence-corrected chi connectivity index (χ1v) is 11.6. The van der Waals surface area contributed by atoms with E-state index < -0.39 is 8.80 Å². The average molecular weight is 415 g/mol. The number of aromatic hydroxyl groups is 1. The summed E-state index contributed by atoms with van der Waals surface area (Å²) in [4.78, 5) is 0. The lowest BCUT2D eigenvalue weighted by molar-refractivity contribution is 0.254. The van der Waals surface area contributed by atoms with Crippen LogP contribution < -0.4 is 13.3 Å². The van der Waals surface area contributed by atoms with E-state index in [0.29, 0.717) is 23.3 Å². The third kappa shape index (κ3) is 5.01. The first kappa shape index (κ1) is 19.6. The standard InChI is InChI=1S/C25H22O4Si/c26-24-18-10-11-19-25(24)29-30(20-21-12-4-1-5-13-21,27-22-14-6-2-7-15-22)28-23-16-8-3-9-17-23/h1-19,26H,20H2. The highest BCUT2D eigenvalue weighted by atomic mass is 28.4. The second-order valence-electron chi connectivity index (χ2n) is 6.75. The predicted molar refractivity (Wildman–Crippen MR) is 119 cm³/mol. The number of hydrogen-bond acceptors (Lipinski definition) is 4. The summed E-state index contributed by atoms with van der Waals surface area (Å²) in [6.07, 6.45) is 0. The average Bonchev–Trinajstić information content (AvgIpc) is 2.77. The Labute approximate surface area is 177 Å². The summed E-state index contributed by atoms with van der Waals surface area (Å²) in [7, 11) is -3.45. The minimum atomic E-state index is -3.45. The lowest BCUT2D eigenvalue weighted by Crippen LogP contribution is -2.57. The monoisotopic (exact) mass is 414 g/mol. The molecule has 0 unspecified atom stereocenters. The van der Waals surface area contributed by atoms with Crippen LogP contribution in [0.5, 0.6) is 23.0 Å². The van der Waals surface area contributed by atoms with Crippen molar-refractivity contribution >= 4 is 8.80 Å². The molecule has 0 aliphatic rings. The van der Waals surface area contributed by atoms with Crippen molar-refractivity contribution in [2.75, 3.05) is 0 Å². The van der Waals surface area contributed by atoms with Crippen LogP contribution in [0.1, 0.15) is 5.56 Å². The van der Waals surface area contributed by atoms with E-state index in [-0.39, 0.29) is 5.75 Å². The molecule has 0 aromatic heterocycles. The van der Waals surface area contributed by atoms with Gasteiger partial charge in [-0.3, -0.25) is 0 Å². The molecule has 5 heteroatoms. The molecule has 0 aliphatic heterocycles. The first-order chi connectivity index (χ1) is 14.7. The van der Waals surface area contributed by atoms with Crippen LogP contribution in [-0.2, 0) is 6.04 Å². The maximum absolute atomic E-state index is 10.4. The Hall–Kier alpha value is -3.70. The molecule has 30 heavy (non-hydrogen) atoms. The molecule has 4 aromatic rings. The number of benzene rings is 4. The Morgan fingerprint density at radius 1 is 0.533 bits per heavy atom. The molecule has 0 amide bonds. The Kier molecular flexibility index (Phi) is 6.01. The minimum absolute atomic E-state index is 0.0377. The molecule has 4 nitrogen and oxygen atoms in total. The van der Waals surface area contributed by atoms with Crippen LogP contribution in [0, 0.1) is 0 Å². The summed E-state index contributed by atoms with van der Waals surface area (Å²) in [5.74, 6) is 1.65. The van der Waals surface area contributed by atoms with Crippen LogP contribution in [-0.4, -0.2) is 13.9 Å². The summed E-state index contributed by atoms with van der Waals surface area (Å²) in [5, 5.41) is 10.4. The van der Waals surface area contributed by atoms with Crippen molar-refractivity contribution in [1.29, 1.82) is 0 Å². The first-order valence-electron chi connectivity index (χ1n) is 9.71. The van der Waals surface area contributed by atoms with Crippen LogP contribution in [0.3, 0.4) is 0 Å². The van der Waals surface area contributed by atoms with Crippen LogP contribution in [0.25, 0.3) is 0 Å². The summed E-state index contributed by atoms with van der Waals surface area (Å²) in [5.41, 5.74) is 1.02. The highest BCUT2D eigenvalue weighted by molar-refractivity contribution is 6.62. The van der Waals surface area contributed by atoms with Gasteiger partial charge in [0.25, 0.3) is 0 Å². The summed E-state index contributed by atoms with van der Waals surface area (Å²) in [6.45, 7) is 0. The van der Waals surface area contributed by atoms with E-state index in [0.717, 1.165) is 5.56 Å². The normalized spacial score (nSPS) is 10.9. The highest BCUT2D eigenvalue weighted by Gasteiger charge is 2.50. The Morgan fingerprint density at radius 3 is 1.53 bits per heavy atom. The van der Waals surface area contributed by atoms with Gasteiger partial charge in [0.15, 0.2) is 11.5 Å². The molecular formula is C25H22O4Si. The van der Waals surface area contributed by atoms with Crippen molar-refractivity contribution in [3.05, 3.63) is 121 Å². The van der Waals surface area contributed by atoms with Crippen molar-refractivity contribution in [3.63, 3.8) is 0 Å². The quantitative estimate of drug-likeness (QED) is 0.379. The minimum Gasteiger partial charge on any atom is -0.504 e. The summed E-state index contributed by atoms with van der Waals surface area (Å²) in [6, 6.07) is 36.2. The molecule has 0 fully saturated rings. The molecular weight excluding hydrogens is 392 g/mol. The van der Waals surface area contributed by atoms with Crippen LogP contribution in [0.4, 0.5) is 0 Å². The van der Waals surface area contributed by atoms with Gasteiger partial charge in [0, 0.05) is 0 Å². The SMILES string of the molecule is Oc1ccccc1O[Si](Cc1ccccc1)(Oc1ccccc1)Oc1ccccc1. The number of hydrogen-bond donors (Lipinski definition) is 1. The fraction of sp³-hybridized carbons (Fsp3) is 0.0400. The van der Waals surface area contributed by atoms with E-state index in [1.54, 1.807) is 18.2 Å². The summed E-state index contributed by atoms with van der Waals surface area (Å²) >= 11 is 0. The molecule has 0 radical (unpaired) electrons. The third-order valence-corrected chi connectivity index (χ3v) is 6.89. The number of rotatable bonds is 8. The van der Waals surface area contributed by atoms with Crippen LogP contribution >= 0.6 is 0 Å². The number of para-hydroxylation sites is 4. The molecule has 0 bridgehead atoms. The molecule has 0 aliphatic carbocycles. The van der Waals surface area contributed by atoms with Crippen molar-refractivity contribution in [3.8, 4) is 23.0 Å². The van der Waals surface area contributed by atoms with E-state index in [1.165, 1.54) is 0 Å². The van der Waals surface area contributed by atoms with E-state index in [9.17, 15) is 5.11 Å². The molecule has 1 N–H and O–H groups in total. The van der Waals surface area contributed by atoms with E-state index in [4.69, 9.17) is 13.3 Å². The summed E-state index contributed by atoms with van der Waals surface area (Å²) < 4.78 is 19.3. The zero-order valence-electron chi connectivity index (χ0n) is 16.3. The van der Waals surface area contributed by atoms with Gasteiger partial charge in [-0.2, -0.15) is 0 Å². The lowest BCUT2D eigenvalue weighted by Gasteiger charge is -2.30. The molecule has 150 valence electrons. The smallest absolute Gasteiger partial charge is 0.504 e. The molecule has 4 aromatic carbocycles. The van der Waals surface area contributed by atoms with Crippen molar-refractivity contribution < 1.29 is 18.4 Å². The van der Waals surface area contributed by atoms with Crippen molar-refractivity contribution in [2.45, 2.75) is 6.04 Å². The van der Waals surface area contributed by atoms with Crippen molar-refractivity contribution in [1.82, 2.24) is 0 Å². The van der Waals surface area contributed by atoms with E-state index >= 15 is 0 Å². The van der Waals surface area contributed by atoms with Gasteiger partial charge in [-0.05, 0) is 42.0 Å². The third-order valence-electron chi connectivity index (χ3n) is 4.43. The van der Waals surface area contributed by atoms with Gasteiger partial charge in [0.2, 0.25) is 0 Å². The number of phenolic OH excluding ortho intramolecular Hbond substituents is 1. The second kappa shape index (κ2) is 9.20. The largest absolute Gasteiger partial charge is 0.704 e. The maximum atomic E-state index is 10.4. The van der Waals surface area contributed by atoms with Gasteiger partial charge < -0.3 is 18.4 Å². The second-order valence-corrected chi connectivity index (χ2v) is 9.08. The van der Waals surface area contributed by atoms with Gasteiger partial charge in [-0.1, -0.05) is 78.9 Å². The van der Waals surface area contributed by atoms with Crippen LogP contribution in [0.2, 0.25) is 0 Å². The fourth-order valence-electron chi connectivity index (χ4n) is 3.06.